The molecule has 0 heterocycles. The second-order valence-electron chi connectivity index (χ2n) is 3.87. The number of carboxylic acids is 1. The summed E-state index contributed by atoms with van der Waals surface area (Å²) in [6.45, 7) is 0.821. The third-order valence-electron chi connectivity index (χ3n) is 2.25. The van der Waals surface area contributed by atoms with Crippen molar-refractivity contribution in [3.8, 4) is 5.75 Å². The molecule has 6 nitrogen and oxygen atoms in total. The van der Waals surface area contributed by atoms with Crippen LogP contribution >= 0.6 is 0 Å². The first-order valence-corrected chi connectivity index (χ1v) is 5.48. The highest BCUT2D eigenvalue weighted by Crippen LogP contribution is 2.10. The number of carboxylic acid groups (broad SMARTS) is 1. The number of nitrogens with one attached hydrogen (secondary N) is 1. The second-order valence-corrected chi connectivity index (χ2v) is 3.87. The molecule has 2 atom stereocenters. The highest BCUT2D eigenvalue weighted by Gasteiger charge is 2.24. The van der Waals surface area contributed by atoms with Crippen molar-refractivity contribution in [2.45, 2.75) is 19.1 Å². The number of hydrogen-bond donors (Lipinski definition) is 3. The summed E-state index contributed by atoms with van der Waals surface area (Å²) in [5.41, 5.74) is 0. The molecule has 0 aromatic heterocycles. The fourth-order valence-electron chi connectivity index (χ4n) is 1.28. The predicted octanol–water partition coefficient (Wildman–Crippen LogP) is 0.155. The van der Waals surface area contributed by atoms with Gasteiger partial charge in [-0.25, -0.2) is 9.18 Å². The van der Waals surface area contributed by atoms with Crippen LogP contribution in [0.15, 0.2) is 24.3 Å². The molecule has 0 bridgehead atoms. The van der Waals surface area contributed by atoms with Crippen LogP contribution in [0.2, 0.25) is 0 Å². The minimum Gasteiger partial charge on any atom is -0.484 e. The molecule has 1 aromatic rings. The molecule has 1 aromatic carbocycles. The van der Waals surface area contributed by atoms with Crippen LogP contribution in [0.25, 0.3) is 0 Å². The van der Waals surface area contributed by atoms with Crippen molar-refractivity contribution in [2.75, 3.05) is 6.61 Å². The molecule has 0 aliphatic rings. The Morgan fingerprint density at radius 2 is 1.95 bits per heavy atom. The van der Waals surface area contributed by atoms with E-state index in [-0.39, 0.29) is 5.75 Å². The number of carbonyl (C=O) groups is 2. The van der Waals surface area contributed by atoms with Crippen LogP contribution in [0, 0.1) is 5.82 Å². The number of halogens is 1. The fourth-order valence-corrected chi connectivity index (χ4v) is 1.28. The molecule has 0 unspecified atom stereocenters. The lowest BCUT2D eigenvalue weighted by molar-refractivity contribution is -0.145. The predicted molar refractivity (Wildman–Crippen MR) is 63.1 cm³/mol. The summed E-state index contributed by atoms with van der Waals surface area (Å²) in [4.78, 5) is 22.1. The minimum atomic E-state index is -1.40. The Balaban J connectivity index is 2.47. The Morgan fingerprint density at radius 3 is 2.42 bits per heavy atom. The summed E-state index contributed by atoms with van der Waals surface area (Å²) in [6, 6.07) is 3.62. The van der Waals surface area contributed by atoms with E-state index in [0.29, 0.717) is 0 Å². The third kappa shape index (κ3) is 4.92. The molecule has 3 N–H and O–H groups in total. The average molecular weight is 271 g/mol. The number of carbonyl (C=O) groups excluding carboxylic acids is 1. The molecule has 0 saturated carbocycles. The van der Waals surface area contributed by atoms with Gasteiger partial charge in [-0.1, -0.05) is 0 Å². The summed E-state index contributed by atoms with van der Waals surface area (Å²) < 4.78 is 17.6. The van der Waals surface area contributed by atoms with E-state index in [1.54, 1.807) is 0 Å². The van der Waals surface area contributed by atoms with Gasteiger partial charge in [-0.2, -0.15) is 0 Å². The van der Waals surface area contributed by atoms with Crippen molar-refractivity contribution in [1.82, 2.24) is 5.32 Å². The lowest BCUT2D eigenvalue weighted by Crippen LogP contribution is -2.49. The number of benzene rings is 1. The third-order valence-corrected chi connectivity index (χ3v) is 2.25. The Kier molecular flexibility index (Phi) is 5.25. The van der Waals surface area contributed by atoms with Crippen molar-refractivity contribution in [3.63, 3.8) is 0 Å². The number of aliphatic carboxylic acids is 1. The van der Waals surface area contributed by atoms with Gasteiger partial charge in [0.15, 0.2) is 12.6 Å². The molecule has 0 spiro atoms. The highest BCUT2D eigenvalue weighted by atomic mass is 19.1. The van der Waals surface area contributed by atoms with Crippen molar-refractivity contribution < 1.29 is 28.9 Å². The second kappa shape index (κ2) is 6.69. The van der Waals surface area contributed by atoms with Gasteiger partial charge in [0, 0.05) is 0 Å². The minimum absolute atomic E-state index is 0.278. The first kappa shape index (κ1) is 14.9. The smallest absolute Gasteiger partial charge is 0.328 e. The molecular weight excluding hydrogens is 257 g/mol. The van der Waals surface area contributed by atoms with E-state index in [9.17, 15) is 14.0 Å². The molecular formula is C12H14FNO5. The van der Waals surface area contributed by atoms with Crippen LogP contribution in [0.4, 0.5) is 4.39 Å². The lowest BCUT2D eigenvalue weighted by atomic mass is 10.2. The van der Waals surface area contributed by atoms with Gasteiger partial charge in [0.25, 0.3) is 5.91 Å². The molecule has 0 radical (unpaired) electrons. The SMILES string of the molecule is C[C@@H](O)[C@H](NC(=O)COc1ccc(F)cc1)C(=O)O. The van der Waals surface area contributed by atoms with Gasteiger partial charge >= 0.3 is 5.97 Å². The molecule has 0 fully saturated rings. The fraction of sp³-hybridized carbons (Fsp3) is 0.333. The molecule has 19 heavy (non-hydrogen) atoms. The Labute approximate surface area is 108 Å². The molecule has 1 amide bonds. The Bertz CT molecular complexity index is 446. The number of aliphatic hydroxyl groups excluding tert-OH is 1. The molecule has 1 rings (SSSR count). The number of hydrogen-bond acceptors (Lipinski definition) is 4. The van der Waals surface area contributed by atoms with Crippen LogP contribution < -0.4 is 10.1 Å². The molecule has 104 valence electrons. The largest absolute Gasteiger partial charge is 0.484 e. The molecule has 0 aliphatic heterocycles. The van der Waals surface area contributed by atoms with Gasteiger partial charge in [0.1, 0.15) is 11.6 Å². The van der Waals surface area contributed by atoms with Gasteiger partial charge in [-0.3, -0.25) is 4.79 Å². The maximum absolute atomic E-state index is 12.6. The van der Waals surface area contributed by atoms with E-state index in [2.05, 4.69) is 5.32 Å². The van der Waals surface area contributed by atoms with Crippen LogP contribution in [-0.4, -0.2) is 40.8 Å². The van der Waals surface area contributed by atoms with Gasteiger partial charge in [-0.05, 0) is 31.2 Å². The van der Waals surface area contributed by atoms with Crippen LogP contribution in [0.5, 0.6) is 5.75 Å². The van der Waals surface area contributed by atoms with Crippen molar-refractivity contribution >= 4 is 11.9 Å². The Hall–Kier alpha value is -2.15. The first-order chi connectivity index (χ1) is 8.90. The monoisotopic (exact) mass is 271 g/mol. The van der Waals surface area contributed by atoms with Crippen LogP contribution in [-0.2, 0) is 9.59 Å². The van der Waals surface area contributed by atoms with E-state index >= 15 is 0 Å². The van der Waals surface area contributed by atoms with E-state index in [1.807, 2.05) is 0 Å². The van der Waals surface area contributed by atoms with Gasteiger partial charge in [0.2, 0.25) is 0 Å². The number of aliphatic hydroxyl groups is 1. The highest BCUT2D eigenvalue weighted by molar-refractivity contribution is 5.84. The van der Waals surface area contributed by atoms with E-state index in [1.165, 1.54) is 31.2 Å². The number of amides is 1. The summed E-state index contributed by atoms with van der Waals surface area (Å²) >= 11 is 0. The maximum Gasteiger partial charge on any atom is 0.328 e. The zero-order valence-corrected chi connectivity index (χ0v) is 10.2. The van der Waals surface area contributed by atoms with Crippen molar-refractivity contribution in [2.24, 2.45) is 0 Å². The van der Waals surface area contributed by atoms with Gasteiger partial charge in [0.05, 0.1) is 6.10 Å². The van der Waals surface area contributed by atoms with Crippen LogP contribution in [0.1, 0.15) is 6.92 Å². The van der Waals surface area contributed by atoms with E-state index in [4.69, 9.17) is 14.9 Å². The summed E-state index contributed by atoms with van der Waals surface area (Å²) in [5, 5.41) is 20.0. The van der Waals surface area contributed by atoms with E-state index in [0.717, 1.165) is 0 Å². The van der Waals surface area contributed by atoms with Crippen LogP contribution in [0.3, 0.4) is 0 Å². The van der Waals surface area contributed by atoms with Crippen molar-refractivity contribution in [3.05, 3.63) is 30.1 Å². The zero-order valence-electron chi connectivity index (χ0n) is 10.2. The average Bonchev–Trinajstić information content (AvgIpc) is 2.34. The first-order valence-electron chi connectivity index (χ1n) is 5.48. The quantitative estimate of drug-likeness (QED) is 0.684. The molecule has 0 aliphatic carbocycles. The molecule has 7 heteroatoms. The number of ether oxygens (including phenoxy) is 1. The number of rotatable bonds is 6. The van der Waals surface area contributed by atoms with Crippen molar-refractivity contribution in [1.29, 1.82) is 0 Å². The standard InChI is InChI=1S/C12H14FNO5/c1-7(15)11(12(17)18)14-10(16)6-19-9-4-2-8(13)3-5-9/h2-5,7,11,15H,6H2,1H3,(H,14,16)(H,17,18)/t7-,11+/m1/s1. The topological polar surface area (TPSA) is 95.9 Å². The van der Waals surface area contributed by atoms with Gasteiger partial charge in [-0.15, -0.1) is 0 Å². The molecule has 0 saturated heterocycles. The van der Waals surface area contributed by atoms with E-state index < -0.39 is 36.4 Å². The Morgan fingerprint density at radius 1 is 1.37 bits per heavy atom. The zero-order chi connectivity index (χ0) is 14.4. The van der Waals surface area contributed by atoms with Gasteiger partial charge < -0.3 is 20.3 Å². The summed E-state index contributed by atoms with van der Waals surface area (Å²) in [6.07, 6.45) is -1.23. The summed E-state index contributed by atoms with van der Waals surface area (Å²) in [5.74, 6) is -2.19. The normalized spacial score (nSPS) is 13.4. The summed E-state index contributed by atoms with van der Waals surface area (Å²) in [7, 11) is 0. The maximum atomic E-state index is 12.6. The lowest BCUT2D eigenvalue weighted by Gasteiger charge is -2.17.